The Kier molecular flexibility index (Phi) is 8.77. The molecule has 200 valence electrons. The first-order valence-corrected chi connectivity index (χ1v) is 16.6. The first-order chi connectivity index (χ1) is 16.9. The second-order valence-electron chi connectivity index (χ2n) is 13.8. The van der Waals surface area contributed by atoms with Crippen LogP contribution in [0.15, 0.2) is 11.1 Å². The number of hydrogen-bond donors (Lipinski definition) is 0. The fourth-order valence-corrected chi connectivity index (χ4v) is 10.3. The molecule has 0 aromatic carbocycles. The van der Waals surface area contributed by atoms with Gasteiger partial charge < -0.3 is 9.47 Å². The molecular weight excluding hydrogens is 496 g/mol. The van der Waals surface area contributed by atoms with Crippen LogP contribution in [0, 0.1) is 46.8 Å². The van der Waals surface area contributed by atoms with Gasteiger partial charge >= 0.3 is 0 Å². The molecule has 2 saturated carbocycles. The van der Waals surface area contributed by atoms with E-state index in [4.69, 9.17) is 9.47 Å². The van der Waals surface area contributed by atoms with Crippen LogP contribution in [0.25, 0.3) is 0 Å². The maximum Gasteiger partial charge on any atom is 0.157 e. The lowest BCUT2D eigenvalue weighted by Crippen LogP contribution is -2.47. The zero-order chi connectivity index (χ0) is 24.6. The molecule has 2 unspecified atom stereocenters. The monoisotopic (exact) mass is 548 g/mol. The lowest BCUT2D eigenvalue weighted by atomic mass is 9.51. The van der Waals surface area contributed by atoms with Crippen molar-refractivity contribution in [1.82, 2.24) is 0 Å². The molecule has 0 aromatic heterocycles. The SMILES string of the molecule is CC(C)CCC[C@@H](C)[C@H]1CC[C@H]2[C@@H]3CC(CBr)C4=C(CC[C@H](OC5CCCCO5)C4)[C@H]3CC[C@]12C. The van der Waals surface area contributed by atoms with E-state index in [0.717, 1.165) is 59.8 Å². The molecule has 35 heavy (non-hydrogen) atoms. The van der Waals surface area contributed by atoms with E-state index in [0.29, 0.717) is 11.5 Å². The van der Waals surface area contributed by atoms with Crippen molar-refractivity contribution in [2.75, 3.05) is 11.9 Å². The summed E-state index contributed by atoms with van der Waals surface area (Å²) >= 11 is 3.97. The Morgan fingerprint density at radius 3 is 2.63 bits per heavy atom. The van der Waals surface area contributed by atoms with Crippen LogP contribution in [0.3, 0.4) is 0 Å². The van der Waals surface area contributed by atoms with Crippen LogP contribution in [0.1, 0.15) is 118 Å². The van der Waals surface area contributed by atoms with Gasteiger partial charge in [0.25, 0.3) is 0 Å². The highest BCUT2D eigenvalue weighted by Crippen LogP contribution is 2.65. The summed E-state index contributed by atoms with van der Waals surface area (Å²) in [6.07, 6.45) is 19.3. The Morgan fingerprint density at radius 1 is 1.03 bits per heavy atom. The topological polar surface area (TPSA) is 18.5 Å². The zero-order valence-electron chi connectivity index (χ0n) is 23.2. The van der Waals surface area contributed by atoms with Crippen molar-refractivity contribution < 1.29 is 9.47 Å². The first kappa shape index (κ1) is 26.7. The molecule has 0 N–H and O–H groups in total. The minimum absolute atomic E-state index is 0.0583. The van der Waals surface area contributed by atoms with Gasteiger partial charge in [-0.2, -0.15) is 0 Å². The van der Waals surface area contributed by atoms with Crippen LogP contribution in [-0.2, 0) is 9.47 Å². The van der Waals surface area contributed by atoms with Crippen molar-refractivity contribution in [3.8, 4) is 0 Å². The summed E-state index contributed by atoms with van der Waals surface area (Å²) < 4.78 is 12.4. The molecule has 2 nitrogen and oxygen atoms in total. The molecule has 1 heterocycles. The predicted octanol–water partition coefficient (Wildman–Crippen LogP) is 9.31. The molecule has 0 aromatic rings. The number of halogens is 1. The van der Waals surface area contributed by atoms with Crippen LogP contribution < -0.4 is 0 Å². The van der Waals surface area contributed by atoms with Gasteiger partial charge in [0.2, 0.25) is 0 Å². The normalized spacial score (nSPS) is 42.5. The van der Waals surface area contributed by atoms with Crippen LogP contribution in [0.2, 0.25) is 0 Å². The number of allylic oxidation sites excluding steroid dienone is 1. The Hall–Kier alpha value is 0.140. The van der Waals surface area contributed by atoms with Gasteiger partial charge in [0, 0.05) is 11.9 Å². The Balaban J connectivity index is 1.27. The van der Waals surface area contributed by atoms with E-state index in [9.17, 15) is 0 Å². The summed E-state index contributed by atoms with van der Waals surface area (Å²) in [5.74, 6) is 6.21. The summed E-state index contributed by atoms with van der Waals surface area (Å²) in [4.78, 5) is 0. The largest absolute Gasteiger partial charge is 0.353 e. The van der Waals surface area contributed by atoms with Crippen molar-refractivity contribution in [2.24, 2.45) is 46.8 Å². The molecule has 0 radical (unpaired) electrons. The lowest BCUT2D eigenvalue weighted by molar-refractivity contribution is -0.190. The van der Waals surface area contributed by atoms with Gasteiger partial charge in [0.1, 0.15) is 0 Å². The van der Waals surface area contributed by atoms with Crippen molar-refractivity contribution >= 4 is 15.9 Å². The standard InChI is InChI=1S/C32H53BrO2/c1-21(2)8-7-9-22(3)29-13-14-30-28-18-23(20-33)27-19-24(35-31-10-5-6-17-34-31)11-12-25(27)26(28)15-16-32(29,30)4/h21-24,26,28-31H,5-20H2,1-4H3/t22-,23?,24+,26-,28-,29-,30+,31?,32-/m1/s1. The van der Waals surface area contributed by atoms with Gasteiger partial charge in [-0.05, 0) is 117 Å². The summed E-state index contributed by atoms with van der Waals surface area (Å²) in [5.41, 5.74) is 4.28. The third-order valence-corrected chi connectivity index (χ3v) is 12.2. The Labute approximate surface area is 224 Å². The molecule has 0 bridgehead atoms. The van der Waals surface area contributed by atoms with E-state index < -0.39 is 0 Å². The molecule has 3 heteroatoms. The zero-order valence-corrected chi connectivity index (χ0v) is 24.8. The first-order valence-electron chi connectivity index (χ1n) is 15.5. The Morgan fingerprint density at radius 2 is 1.89 bits per heavy atom. The lowest BCUT2D eigenvalue weighted by Gasteiger charge is -2.54. The molecular formula is C32H53BrO2. The summed E-state index contributed by atoms with van der Waals surface area (Å²) in [7, 11) is 0. The van der Waals surface area contributed by atoms with E-state index in [1.807, 2.05) is 5.57 Å². The highest BCUT2D eigenvalue weighted by molar-refractivity contribution is 9.09. The van der Waals surface area contributed by atoms with Gasteiger partial charge in [-0.25, -0.2) is 0 Å². The smallest absolute Gasteiger partial charge is 0.157 e. The van der Waals surface area contributed by atoms with Crippen molar-refractivity contribution in [3.05, 3.63) is 11.1 Å². The molecule has 0 amide bonds. The van der Waals surface area contributed by atoms with E-state index in [1.54, 1.807) is 5.57 Å². The number of rotatable bonds is 8. The molecule has 5 rings (SSSR count). The fourth-order valence-electron chi connectivity index (χ4n) is 9.66. The quantitative estimate of drug-likeness (QED) is 0.222. The van der Waals surface area contributed by atoms with Crippen LogP contribution >= 0.6 is 15.9 Å². The molecule has 1 saturated heterocycles. The minimum atomic E-state index is 0.0583. The van der Waals surface area contributed by atoms with Gasteiger partial charge in [-0.1, -0.05) is 74.0 Å². The second kappa shape index (κ2) is 11.5. The van der Waals surface area contributed by atoms with Crippen LogP contribution in [0.5, 0.6) is 0 Å². The molecule has 3 fully saturated rings. The molecule has 0 spiro atoms. The van der Waals surface area contributed by atoms with E-state index in [2.05, 4.69) is 43.6 Å². The average Bonchev–Trinajstić information content (AvgIpc) is 3.21. The van der Waals surface area contributed by atoms with Gasteiger partial charge in [-0.3, -0.25) is 0 Å². The summed E-state index contributed by atoms with van der Waals surface area (Å²) in [6, 6.07) is 0. The number of ether oxygens (including phenoxy) is 2. The van der Waals surface area contributed by atoms with E-state index >= 15 is 0 Å². The third-order valence-electron chi connectivity index (χ3n) is 11.4. The van der Waals surface area contributed by atoms with Crippen molar-refractivity contribution in [2.45, 2.75) is 130 Å². The fraction of sp³-hybridized carbons (Fsp3) is 0.938. The van der Waals surface area contributed by atoms with Crippen molar-refractivity contribution in [1.29, 1.82) is 0 Å². The highest BCUT2D eigenvalue weighted by Gasteiger charge is 2.56. The molecule has 1 aliphatic heterocycles. The van der Waals surface area contributed by atoms with E-state index in [1.165, 1.54) is 83.5 Å². The number of alkyl halides is 1. The van der Waals surface area contributed by atoms with Crippen LogP contribution in [0.4, 0.5) is 0 Å². The average molecular weight is 550 g/mol. The maximum absolute atomic E-state index is 6.51. The van der Waals surface area contributed by atoms with Crippen molar-refractivity contribution in [3.63, 3.8) is 0 Å². The summed E-state index contributed by atoms with van der Waals surface area (Å²) in [5, 5.41) is 1.14. The number of hydrogen-bond acceptors (Lipinski definition) is 2. The third kappa shape index (κ3) is 5.49. The highest BCUT2D eigenvalue weighted by atomic mass is 79.9. The molecule has 9 atom stereocenters. The van der Waals surface area contributed by atoms with Gasteiger partial charge in [0.15, 0.2) is 6.29 Å². The molecule has 5 aliphatic rings. The molecule has 4 aliphatic carbocycles. The summed E-state index contributed by atoms with van der Waals surface area (Å²) in [6.45, 7) is 11.0. The maximum atomic E-state index is 6.51. The second-order valence-corrected chi connectivity index (χ2v) is 14.5. The Bertz CT molecular complexity index is 740. The number of fused-ring (bicyclic) bond motifs is 4. The van der Waals surface area contributed by atoms with E-state index in [-0.39, 0.29) is 6.29 Å². The van der Waals surface area contributed by atoms with Gasteiger partial charge in [-0.15, -0.1) is 0 Å². The van der Waals surface area contributed by atoms with Crippen LogP contribution in [-0.4, -0.2) is 24.3 Å². The predicted molar refractivity (Wildman–Crippen MR) is 150 cm³/mol. The minimum Gasteiger partial charge on any atom is -0.353 e. The van der Waals surface area contributed by atoms with Gasteiger partial charge in [0.05, 0.1) is 6.10 Å².